The van der Waals surface area contributed by atoms with Gasteiger partial charge in [-0.1, -0.05) is 24.3 Å². The third kappa shape index (κ3) is 9.69. The van der Waals surface area contributed by atoms with Gasteiger partial charge in [0.05, 0.1) is 48.3 Å². The molecule has 0 aliphatic rings. The van der Waals surface area contributed by atoms with E-state index in [9.17, 15) is 56.7 Å². The highest BCUT2D eigenvalue weighted by molar-refractivity contribution is 7.87. The summed E-state index contributed by atoms with van der Waals surface area (Å²) in [5.41, 5.74) is 1.11. The van der Waals surface area contributed by atoms with Gasteiger partial charge >= 0.3 is 6.03 Å². The van der Waals surface area contributed by atoms with E-state index in [4.69, 9.17) is 9.47 Å². The van der Waals surface area contributed by atoms with Crippen LogP contribution in [0.4, 0.5) is 38.9 Å². The minimum Gasteiger partial charge on any atom is -0.494 e. The van der Waals surface area contributed by atoms with Crippen molar-refractivity contribution in [3.8, 4) is 11.5 Å². The van der Waals surface area contributed by atoms with E-state index in [-0.39, 0.29) is 67.2 Å². The number of nitrogens with one attached hydrogen (secondary N) is 2. The van der Waals surface area contributed by atoms with Crippen LogP contribution in [0.15, 0.2) is 125 Å². The van der Waals surface area contributed by atoms with Crippen LogP contribution in [0.5, 0.6) is 11.5 Å². The summed E-state index contributed by atoms with van der Waals surface area (Å²) in [4.78, 5) is 10.7. The molecule has 6 aromatic carbocycles. The summed E-state index contributed by atoms with van der Waals surface area (Å²) in [7, 11) is -16.8. The first-order valence-corrected chi connectivity index (χ1v) is 23.0. The number of rotatable bonds is 12. The standard InChI is InChI=1S/C37H32N6O15S4/c1-19-11-29(31(57-3)17-27(19)42-40-21-13-25-23(35(15-21)61(51,52)53)7-5-9-33(25)59(45,46)47)38-37(44)39-30-12-20(2)28(18-32(30)58-4)43-41-22-14-26-24(36(16-22)62(54,55)56)8-6-10-34(26)60(48,49)50/h5-18H,1-4H3,(H2,38,39,44)(H,45,46,47)(H,48,49,50)(H,51,52,53)(H,54,55,56). The smallest absolute Gasteiger partial charge is 0.323 e. The Morgan fingerprint density at radius 3 is 1.16 bits per heavy atom. The van der Waals surface area contributed by atoms with Crippen LogP contribution in [0.2, 0.25) is 0 Å². The maximum atomic E-state index is 13.3. The minimum atomic E-state index is -4.90. The molecule has 6 N–H and O–H groups in total. The van der Waals surface area contributed by atoms with E-state index in [0.717, 1.165) is 36.4 Å². The topological polar surface area (TPSA) is 327 Å². The highest BCUT2D eigenvalue weighted by Crippen LogP contribution is 2.39. The van der Waals surface area contributed by atoms with Crippen LogP contribution in [0.3, 0.4) is 0 Å². The first-order chi connectivity index (χ1) is 28.9. The van der Waals surface area contributed by atoms with Gasteiger partial charge < -0.3 is 20.1 Å². The zero-order valence-corrected chi connectivity index (χ0v) is 35.6. The Labute approximate surface area is 353 Å². The van der Waals surface area contributed by atoms with E-state index in [0.29, 0.717) is 11.1 Å². The largest absolute Gasteiger partial charge is 0.494 e. The highest BCUT2D eigenvalue weighted by atomic mass is 32.2. The van der Waals surface area contributed by atoms with Crippen molar-refractivity contribution >= 4 is 102 Å². The number of urea groups is 1. The Bertz CT molecular complexity index is 3160. The van der Waals surface area contributed by atoms with Crippen molar-refractivity contribution in [3.63, 3.8) is 0 Å². The van der Waals surface area contributed by atoms with E-state index < -0.39 is 66.1 Å². The molecule has 0 spiro atoms. The van der Waals surface area contributed by atoms with Gasteiger partial charge in [-0.15, -0.1) is 0 Å². The fraction of sp³-hybridized carbons (Fsp3) is 0.108. The van der Waals surface area contributed by atoms with Crippen LogP contribution in [0, 0.1) is 13.8 Å². The SMILES string of the molecule is COc1cc(N=Nc2cc(S(=O)(=O)O)c3cccc(S(=O)(=O)O)c3c2)c(C)cc1NC(=O)Nc1cc(C)c(N=Nc2cc(S(=O)(=O)O)c3cccc(S(=O)(=O)O)c3c2)cc1OC. The van der Waals surface area contributed by atoms with Gasteiger partial charge in [0, 0.05) is 33.7 Å². The molecular formula is C37H32N6O15S4. The van der Waals surface area contributed by atoms with Gasteiger partial charge in [0.15, 0.2) is 0 Å². The fourth-order valence-electron chi connectivity index (χ4n) is 6.21. The van der Waals surface area contributed by atoms with Crippen LogP contribution in [0.1, 0.15) is 11.1 Å². The Balaban J connectivity index is 1.26. The number of amides is 2. The molecule has 0 heterocycles. The van der Waals surface area contributed by atoms with E-state index in [1.54, 1.807) is 13.8 Å². The van der Waals surface area contributed by atoms with Gasteiger partial charge in [0.25, 0.3) is 40.5 Å². The summed E-state index contributed by atoms with van der Waals surface area (Å²) in [5.74, 6) is 0.193. The molecule has 324 valence electrons. The monoisotopic (exact) mass is 928 g/mol. The van der Waals surface area contributed by atoms with Gasteiger partial charge in [0.2, 0.25) is 0 Å². The summed E-state index contributed by atoms with van der Waals surface area (Å²) in [6.45, 7) is 3.21. The third-order valence-corrected chi connectivity index (χ3v) is 12.6. The maximum absolute atomic E-state index is 13.3. The maximum Gasteiger partial charge on any atom is 0.323 e. The summed E-state index contributed by atoms with van der Waals surface area (Å²) in [6, 6.07) is 16.2. The Kier molecular flexibility index (Phi) is 12.2. The fourth-order valence-corrected chi connectivity index (χ4v) is 9.06. The molecular weight excluding hydrogens is 897 g/mol. The lowest BCUT2D eigenvalue weighted by Crippen LogP contribution is -2.20. The second-order valence-electron chi connectivity index (χ2n) is 13.1. The molecule has 0 radical (unpaired) electrons. The number of carbonyl (C=O) groups is 1. The van der Waals surface area contributed by atoms with Crippen LogP contribution < -0.4 is 20.1 Å². The molecule has 0 saturated carbocycles. The summed E-state index contributed by atoms with van der Waals surface area (Å²) >= 11 is 0. The number of aryl methyl sites for hydroxylation is 2. The lowest BCUT2D eigenvalue weighted by molar-refractivity contribution is 0.262. The Hall–Kier alpha value is -6.45. The number of benzene rings is 6. The summed E-state index contributed by atoms with van der Waals surface area (Å²) in [6.07, 6.45) is 0. The van der Waals surface area contributed by atoms with E-state index >= 15 is 0 Å². The molecule has 0 unspecified atom stereocenters. The van der Waals surface area contributed by atoms with E-state index in [2.05, 4.69) is 31.1 Å². The number of anilines is 2. The molecule has 2 amide bonds. The van der Waals surface area contributed by atoms with Crippen LogP contribution in [-0.4, -0.2) is 72.1 Å². The van der Waals surface area contributed by atoms with Crippen LogP contribution >= 0.6 is 0 Å². The molecule has 21 nitrogen and oxygen atoms in total. The number of ether oxygens (including phenoxy) is 2. The Morgan fingerprint density at radius 2 is 0.839 bits per heavy atom. The lowest BCUT2D eigenvalue weighted by atomic mass is 10.1. The molecule has 0 aromatic heterocycles. The van der Waals surface area contributed by atoms with Crippen molar-refractivity contribution in [1.29, 1.82) is 0 Å². The van der Waals surface area contributed by atoms with E-state index in [1.165, 1.54) is 62.8 Å². The van der Waals surface area contributed by atoms with Gasteiger partial charge in [-0.2, -0.15) is 54.1 Å². The zero-order chi connectivity index (χ0) is 45.5. The van der Waals surface area contributed by atoms with Crippen molar-refractivity contribution in [2.24, 2.45) is 20.5 Å². The first kappa shape index (κ1) is 45.1. The number of hydrogen-bond donors (Lipinski definition) is 6. The van der Waals surface area contributed by atoms with Crippen LogP contribution in [-0.2, 0) is 40.5 Å². The van der Waals surface area contributed by atoms with Gasteiger partial charge in [-0.3, -0.25) is 18.2 Å². The number of fused-ring (bicyclic) bond motifs is 2. The number of carbonyl (C=O) groups excluding carboxylic acids is 1. The zero-order valence-electron chi connectivity index (χ0n) is 32.3. The van der Waals surface area contributed by atoms with E-state index in [1.807, 2.05) is 0 Å². The van der Waals surface area contributed by atoms with Crippen molar-refractivity contribution < 1.29 is 66.2 Å². The van der Waals surface area contributed by atoms with Crippen molar-refractivity contribution in [1.82, 2.24) is 0 Å². The molecule has 0 fully saturated rings. The molecule has 0 atom stereocenters. The molecule has 62 heavy (non-hydrogen) atoms. The second-order valence-corrected chi connectivity index (χ2v) is 18.7. The third-order valence-electron chi connectivity index (χ3n) is 9.00. The molecule has 0 bridgehead atoms. The van der Waals surface area contributed by atoms with Crippen molar-refractivity contribution in [3.05, 3.63) is 96.1 Å². The van der Waals surface area contributed by atoms with Crippen LogP contribution in [0.25, 0.3) is 21.5 Å². The normalized spacial score (nSPS) is 12.6. The second kappa shape index (κ2) is 16.8. The number of nitrogens with zero attached hydrogens (tertiary/aromatic N) is 4. The minimum absolute atomic E-state index is 0.0963. The van der Waals surface area contributed by atoms with Gasteiger partial charge in [-0.05, 0) is 73.5 Å². The number of hydrogen-bond acceptors (Lipinski definition) is 15. The molecule has 25 heteroatoms. The predicted octanol–water partition coefficient (Wildman–Crippen LogP) is 8.09. The van der Waals surface area contributed by atoms with Crippen molar-refractivity contribution in [2.75, 3.05) is 24.9 Å². The molecule has 6 aromatic rings. The Morgan fingerprint density at radius 1 is 0.484 bits per heavy atom. The number of azo groups is 2. The van der Waals surface area contributed by atoms with Crippen molar-refractivity contribution in [2.45, 2.75) is 33.4 Å². The average molecular weight is 929 g/mol. The highest BCUT2D eigenvalue weighted by Gasteiger charge is 2.23. The molecule has 6 rings (SSSR count). The molecule has 0 aliphatic carbocycles. The lowest BCUT2D eigenvalue weighted by Gasteiger charge is -2.15. The van der Waals surface area contributed by atoms with Gasteiger partial charge in [-0.25, -0.2) is 4.79 Å². The predicted molar refractivity (Wildman–Crippen MR) is 224 cm³/mol. The van der Waals surface area contributed by atoms with Gasteiger partial charge in [0.1, 0.15) is 31.1 Å². The molecule has 0 aliphatic heterocycles. The average Bonchev–Trinajstić information content (AvgIpc) is 3.17. The summed E-state index contributed by atoms with van der Waals surface area (Å²) < 4.78 is 147. The quantitative estimate of drug-likeness (QED) is 0.0499. The first-order valence-electron chi connectivity index (χ1n) is 17.2. The molecule has 0 saturated heterocycles. The number of methoxy groups -OCH3 is 2. The summed E-state index contributed by atoms with van der Waals surface area (Å²) in [5, 5.41) is 20.7.